The number of allylic oxidation sites excluding steroid dienone is 1. The summed E-state index contributed by atoms with van der Waals surface area (Å²) in [5, 5.41) is 12.2. The molecule has 5 nitrogen and oxygen atoms in total. The minimum Gasteiger partial charge on any atom is -0.355 e. The standard InChI is InChI=1S/C24H28N4OS/c1-4-16-28-22(21-14-10-7-11-15-21)26-27-24(28)30-18(3)23(29)25-17-19(5-2)20-12-8-6-9-13-20/h4,6-15,18-19H,1,5,16-17H2,2-3H3,(H,25,29)/t18-,19+/m1/s1. The molecule has 0 radical (unpaired) electrons. The van der Waals surface area contributed by atoms with Crippen molar-refractivity contribution < 1.29 is 4.79 Å². The van der Waals surface area contributed by atoms with Crippen molar-refractivity contribution in [2.45, 2.75) is 43.1 Å². The summed E-state index contributed by atoms with van der Waals surface area (Å²) in [5.41, 5.74) is 2.24. The van der Waals surface area contributed by atoms with Gasteiger partial charge in [-0.2, -0.15) is 0 Å². The molecule has 1 amide bonds. The van der Waals surface area contributed by atoms with E-state index in [0.717, 1.165) is 17.8 Å². The van der Waals surface area contributed by atoms with E-state index < -0.39 is 0 Å². The molecular weight excluding hydrogens is 392 g/mol. The Hall–Kier alpha value is -2.86. The number of rotatable bonds is 10. The van der Waals surface area contributed by atoms with Gasteiger partial charge in [-0.05, 0) is 18.9 Å². The monoisotopic (exact) mass is 420 g/mol. The number of carbonyl (C=O) groups excluding carboxylic acids is 1. The molecule has 2 atom stereocenters. The number of hydrogen-bond acceptors (Lipinski definition) is 4. The second-order valence-corrected chi connectivity index (χ2v) is 8.40. The number of nitrogens with one attached hydrogen (secondary N) is 1. The van der Waals surface area contributed by atoms with E-state index in [1.807, 2.05) is 66.1 Å². The highest BCUT2D eigenvalue weighted by Crippen LogP contribution is 2.27. The molecule has 3 aromatic rings. The Kier molecular flexibility index (Phi) is 7.85. The molecular formula is C24H28N4OS. The third-order valence-corrected chi connectivity index (χ3v) is 6.08. The lowest BCUT2D eigenvalue weighted by molar-refractivity contribution is -0.120. The second-order valence-electron chi connectivity index (χ2n) is 7.09. The molecule has 0 spiro atoms. The molecule has 1 aromatic heterocycles. The van der Waals surface area contributed by atoms with E-state index in [9.17, 15) is 4.79 Å². The van der Waals surface area contributed by atoms with Crippen molar-refractivity contribution in [2.75, 3.05) is 6.54 Å². The van der Waals surface area contributed by atoms with Crippen LogP contribution >= 0.6 is 11.8 Å². The third-order valence-electron chi connectivity index (χ3n) is 5.00. The molecule has 6 heteroatoms. The Morgan fingerprint density at radius 2 is 1.80 bits per heavy atom. The zero-order valence-corrected chi connectivity index (χ0v) is 18.3. The molecule has 30 heavy (non-hydrogen) atoms. The lowest BCUT2D eigenvalue weighted by Crippen LogP contribution is -2.34. The van der Waals surface area contributed by atoms with Crippen molar-refractivity contribution in [3.8, 4) is 11.4 Å². The maximum absolute atomic E-state index is 12.7. The van der Waals surface area contributed by atoms with Gasteiger partial charge >= 0.3 is 0 Å². The van der Waals surface area contributed by atoms with E-state index in [-0.39, 0.29) is 11.2 Å². The van der Waals surface area contributed by atoms with Crippen molar-refractivity contribution in [2.24, 2.45) is 0 Å². The van der Waals surface area contributed by atoms with Crippen LogP contribution in [0.5, 0.6) is 0 Å². The first-order chi connectivity index (χ1) is 14.6. The molecule has 0 unspecified atom stereocenters. The van der Waals surface area contributed by atoms with Gasteiger partial charge in [0.1, 0.15) is 0 Å². The van der Waals surface area contributed by atoms with Crippen molar-refractivity contribution in [3.63, 3.8) is 0 Å². The fraction of sp³-hybridized carbons (Fsp3) is 0.292. The first-order valence-corrected chi connectivity index (χ1v) is 11.1. The molecule has 0 aliphatic carbocycles. The molecule has 0 saturated heterocycles. The van der Waals surface area contributed by atoms with Crippen LogP contribution in [0.15, 0.2) is 78.5 Å². The molecule has 0 aliphatic heterocycles. The van der Waals surface area contributed by atoms with Gasteiger partial charge in [0.2, 0.25) is 5.91 Å². The molecule has 1 heterocycles. The average Bonchev–Trinajstić information content (AvgIpc) is 3.17. The summed E-state index contributed by atoms with van der Waals surface area (Å²) in [6, 6.07) is 20.2. The van der Waals surface area contributed by atoms with Gasteiger partial charge in [0.25, 0.3) is 0 Å². The Labute approximate surface area is 182 Å². The van der Waals surface area contributed by atoms with Crippen LogP contribution in [0, 0.1) is 0 Å². The normalized spacial score (nSPS) is 12.9. The predicted molar refractivity (Wildman–Crippen MR) is 123 cm³/mol. The van der Waals surface area contributed by atoms with Gasteiger partial charge in [-0.3, -0.25) is 9.36 Å². The van der Waals surface area contributed by atoms with E-state index in [1.54, 1.807) is 0 Å². The number of benzene rings is 2. The smallest absolute Gasteiger partial charge is 0.233 e. The zero-order valence-electron chi connectivity index (χ0n) is 17.5. The van der Waals surface area contributed by atoms with Crippen molar-refractivity contribution >= 4 is 17.7 Å². The summed E-state index contributed by atoms with van der Waals surface area (Å²) in [7, 11) is 0. The average molecular weight is 421 g/mol. The van der Waals surface area contributed by atoms with Crippen LogP contribution in [-0.4, -0.2) is 32.5 Å². The summed E-state index contributed by atoms with van der Waals surface area (Å²) in [6.07, 6.45) is 2.79. The molecule has 0 bridgehead atoms. The quantitative estimate of drug-likeness (QED) is 0.373. The lowest BCUT2D eigenvalue weighted by atomic mass is 9.96. The number of aromatic nitrogens is 3. The molecule has 0 aliphatic rings. The number of amides is 1. The Balaban J connectivity index is 1.66. The topological polar surface area (TPSA) is 59.8 Å². The SMILES string of the molecule is C=CCn1c(S[C@H](C)C(=O)NC[C@H](CC)c2ccccc2)nnc1-c1ccccc1. The number of hydrogen-bond donors (Lipinski definition) is 1. The summed E-state index contributed by atoms with van der Waals surface area (Å²) in [6.45, 7) is 9.10. The van der Waals surface area contributed by atoms with E-state index in [4.69, 9.17) is 0 Å². The Morgan fingerprint density at radius 3 is 2.43 bits per heavy atom. The van der Waals surface area contributed by atoms with Gasteiger partial charge < -0.3 is 5.32 Å². The molecule has 0 fully saturated rings. The molecule has 3 rings (SSSR count). The Bertz CT molecular complexity index is 956. The molecule has 2 aromatic carbocycles. The van der Waals surface area contributed by atoms with Gasteiger partial charge in [0.05, 0.1) is 5.25 Å². The maximum Gasteiger partial charge on any atom is 0.233 e. The summed E-state index contributed by atoms with van der Waals surface area (Å²) < 4.78 is 2.00. The van der Waals surface area contributed by atoms with Gasteiger partial charge in [0.15, 0.2) is 11.0 Å². The number of thioether (sulfide) groups is 1. The molecule has 1 N–H and O–H groups in total. The van der Waals surface area contributed by atoms with Gasteiger partial charge in [-0.25, -0.2) is 0 Å². The van der Waals surface area contributed by atoms with E-state index in [0.29, 0.717) is 24.2 Å². The second kappa shape index (κ2) is 10.8. The minimum atomic E-state index is -0.283. The highest BCUT2D eigenvalue weighted by atomic mass is 32.2. The summed E-state index contributed by atoms with van der Waals surface area (Å²) >= 11 is 1.42. The van der Waals surface area contributed by atoms with Crippen molar-refractivity contribution in [3.05, 3.63) is 78.9 Å². The van der Waals surface area contributed by atoms with Crippen LogP contribution < -0.4 is 5.32 Å². The summed E-state index contributed by atoms with van der Waals surface area (Å²) in [5.74, 6) is 1.09. The van der Waals surface area contributed by atoms with Crippen molar-refractivity contribution in [1.82, 2.24) is 20.1 Å². The fourth-order valence-corrected chi connectivity index (χ4v) is 4.16. The van der Waals surface area contributed by atoms with Gasteiger partial charge in [-0.1, -0.05) is 85.4 Å². The fourth-order valence-electron chi connectivity index (χ4n) is 3.27. The maximum atomic E-state index is 12.7. The Morgan fingerprint density at radius 1 is 1.13 bits per heavy atom. The predicted octanol–water partition coefficient (Wildman–Crippen LogP) is 4.92. The van der Waals surface area contributed by atoms with Crippen LogP contribution in [0.1, 0.15) is 31.7 Å². The van der Waals surface area contributed by atoms with E-state index in [2.05, 4.69) is 41.1 Å². The van der Waals surface area contributed by atoms with Crippen molar-refractivity contribution in [1.29, 1.82) is 0 Å². The van der Waals surface area contributed by atoms with E-state index in [1.165, 1.54) is 17.3 Å². The first-order valence-electron chi connectivity index (χ1n) is 10.2. The minimum absolute atomic E-state index is 0.00351. The van der Waals surface area contributed by atoms with Gasteiger partial charge in [0, 0.05) is 24.6 Å². The van der Waals surface area contributed by atoms with Crippen LogP contribution in [0.2, 0.25) is 0 Å². The number of carbonyl (C=O) groups is 1. The number of nitrogens with zero attached hydrogens (tertiary/aromatic N) is 3. The first kappa shape index (κ1) is 21.8. The molecule has 0 saturated carbocycles. The van der Waals surface area contributed by atoms with Crippen LogP contribution in [-0.2, 0) is 11.3 Å². The van der Waals surface area contributed by atoms with Crippen LogP contribution in [0.4, 0.5) is 0 Å². The molecule has 156 valence electrons. The summed E-state index contributed by atoms with van der Waals surface area (Å²) in [4.78, 5) is 12.7. The van der Waals surface area contributed by atoms with Crippen LogP contribution in [0.3, 0.4) is 0 Å². The largest absolute Gasteiger partial charge is 0.355 e. The third kappa shape index (κ3) is 5.39. The zero-order chi connectivity index (χ0) is 21.3. The highest BCUT2D eigenvalue weighted by molar-refractivity contribution is 8.00. The lowest BCUT2D eigenvalue weighted by Gasteiger charge is -2.18. The van der Waals surface area contributed by atoms with Gasteiger partial charge in [-0.15, -0.1) is 16.8 Å². The highest BCUT2D eigenvalue weighted by Gasteiger charge is 2.21. The van der Waals surface area contributed by atoms with E-state index >= 15 is 0 Å². The van der Waals surface area contributed by atoms with Crippen LogP contribution in [0.25, 0.3) is 11.4 Å².